The summed E-state index contributed by atoms with van der Waals surface area (Å²) < 4.78 is 7.26. The molecule has 1 saturated heterocycles. The average Bonchev–Trinajstić information content (AvgIpc) is 3.40. The molecule has 1 aromatic heterocycles. The number of nitrogens with one attached hydrogen (secondary N) is 1. The minimum absolute atomic E-state index is 0.0587. The van der Waals surface area contributed by atoms with E-state index >= 15 is 0 Å². The Hall–Kier alpha value is -2.51. The van der Waals surface area contributed by atoms with Crippen LogP contribution in [0.3, 0.4) is 0 Å². The number of allylic oxidation sites excluding steroid dienone is 3. The van der Waals surface area contributed by atoms with Gasteiger partial charge in [-0.2, -0.15) is 0 Å². The molecule has 0 radical (unpaired) electrons. The number of aromatic nitrogens is 1. The van der Waals surface area contributed by atoms with Gasteiger partial charge in [0, 0.05) is 29.0 Å². The number of pyridine rings is 1. The zero-order valence-electron chi connectivity index (χ0n) is 22.0. The van der Waals surface area contributed by atoms with E-state index in [1.54, 1.807) is 6.20 Å². The number of H-pyrrole nitrogens is 1. The summed E-state index contributed by atoms with van der Waals surface area (Å²) in [7, 11) is 3.93. The van der Waals surface area contributed by atoms with Gasteiger partial charge in [-0.15, -0.1) is 0 Å². The molecule has 6 nitrogen and oxygen atoms in total. The predicted octanol–water partition coefficient (Wildman–Crippen LogP) is 3.80. The average molecular weight is 501 g/mol. The highest BCUT2D eigenvalue weighted by Crippen LogP contribution is 2.69. The Kier molecular flexibility index (Phi) is 4.81. The van der Waals surface area contributed by atoms with E-state index in [4.69, 9.17) is 4.74 Å². The Morgan fingerprint density at radius 3 is 2.76 bits per heavy atom. The lowest BCUT2D eigenvalue weighted by Crippen LogP contribution is -2.62. The summed E-state index contributed by atoms with van der Waals surface area (Å²) in [5, 5.41) is 23.8. The standard InChI is InChI=1S/C31H36N2O4/c1-17-13-20-15-23-26(34)27(35)24(33(3)4)16-30(23)10-11-31(20,37-30)25-8-7-22(29(17,25)2)19-6-5-18-9-12-32-28(36)21(18)14-19/h5-7,9,12-15,17,24-27,34-35H,8,10-11,16H2,1-4H3,(H,32,36). The Morgan fingerprint density at radius 1 is 1.16 bits per heavy atom. The molecule has 2 aromatic rings. The van der Waals surface area contributed by atoms with Crippen LogP contribution < -0.4 is 5.56 Å². The number of nitrogens with zero attached hydrogens (tertiary/aromatic N) is 1. The normalized spacial score (nSPS) is 42.1. The number of aliphatic hydroxyl groups is 2. The lowest BCUT2D eigenvalue weighted by molar-refractivity contribution is -0.165. The third-order valence-electron chi connectivity index (χ3n) is 10.7. The highest BCUT2D eigenvalue weighted by molar-refractivity contribution is 5.87. The number of hydrogen-bond donors (Lipinski definition) is 3. The van der Waals surface area contributed by atoms with E-state index in [0.717, 1.165) is 41.2 Å². The summed E-state index contributed by atoms with van der Waals surface area (Å²) in [6.45, 7) is 4.65. The van der Waals surface area contributed by atoms with Crippen molar-refractivity contribution in [1.29, 1.82) is 0 Å². The number of benzene rings is 1. The van der Waals surface area contributed by atoms with Crippen LogP contribution in [0.4, 0.5) is 0 Å². The summed E-state index contributed by atoms with van der Waals surface area (Å²) in [5.74, 6) is 0.499. The van der Waals surface area contributed by atoms with Gasteiger partial charge >= 0.3 is 0 Å². The summed E-state index contributed by atoms with van der Waals surface area (Å²) in [6, 6.07) is 8.04. The maximum Gasteiger partial charge on any atom is 0.255 e. The SMILES string of the molecule is CC1C=C2C=C3C(O)C(O)C(N(C)C)CC34CCC2(O4)C2CC=C(c3ccc4cc[nH]c(=O)c4c3)C12C. The Balaban J connectivity index is 1.34. The lowest BCUT2D eigenvalue weighted by Gasteiger charge is -2.57. The molecule has 2 aliphatic heterocycles. The first kappa shape index (κ1) is 23.6. The molecule has 8 atom stereocenters. The van der Waals surface area contributed by atoms with Crippen molar-refractivity contribution in [2.75, 3.05) is 14.1 Å². The van der Waals surface area contributed by atoms with E-state index in [9.17, 15) is 15.0 Å². The molecule has 0 amide bonds. The van der Waals surface area contributed by atoms with Gasteiger partial charge < -0.3 is 24.8 Å². The number of hydrogen-bond acceptors (Lipinski definition) is 5. The van der Waals surface area contributed by atoms with Crippen molar-refractivity contribution in [2.24, 2.45) is 17.3 Å². The monoisotopic (exact) mass is 500 g/mol. The third kappa shape index (κ3) is 2.87. The molecule has 2 fully saturated rings. The summed E-state index contributed by atoms with van der Waals surface area (Å²) >= 11 is 0. The van der Waals surface area contributed by atoms with E-state index in [2.05, 4.69) is 49.2 Å². The van der Waals surface area contributed by atoms with Crippen molar-refractivity contribution >= 4 is 16.3 Å². The molecule has 1 aromatic carbocycles. The minimum Gasteiger partial charge on any atom is -0.388 e. The summed E-state index contributed by atoms with van der Waals surface area (Å²) in [5.41, 5.74) is 3.28. The van der Waals surface area contributed by atoms with Gasteiger partial charge in [-0.1, -0.05) is 44.2 Å². The molecule has 6 heteroatoms. The molecule has 1 saturated carbocycles. The van der Waals surface area contributed by atoms with Gasteiger partial charge in [0.1, 0.15) is 6.10 Å². The molecule has 3 heterocycles. The number of ether oxygens (including phenoxy) is 1. The zero-order valence-corrected chi connectivity index (χ0v) is 22.0. The van der Waals surface area contributed by atoms with Crippen LogP contribution in [-0.2, 0) is 4.74 Å². The summed E-state index contributed by atoms with van der Waals surface area (Å²) in [6.07, 6.45) is 10.2. The Morgan fingerprint density at radius 2 is 1.97 bits per heavy atom. The number of fused-ring (bicyclic) bond motifs is 2. The molecule has 5 aliphatic rings. The van der Waals surface area contributed by atoms with Crippen molar-refractivity contribution in [3.63, 3.8) is 0 Å². The second kappa shape index (κ2) is 7.54. The van der Waals surface area contributed by atoms with Crippen molar-refractivity contribution in [3.05, 3.63) is 75.8 Å². The van der Waals surface area contributed by atoms with Crippen LogP contribution in [0.15, 0.2) is 64.6 Å². The molecule has 2 bridgehead atoms. The maximum absolute atomic E-state index is 12.6. The second-order valence-corrected chi connectivity index (χ2v) is 12.5. The highest BCUT2D eigenvalue weighted by Gasteiger charge is 2.68. The predicted molar refractivity (Wildman–Crippen MR) is 144 cm³/mol. The van der Waals surface area contributed by atoms with Crippen LogP contribution in [0.5, 0.6) is 0 Å². The van der Waals surface area contributed by atoms with E-state index < -0.39 is 23.4 Å². The molecule has 194 valence electrons. The van der Waals surface area contributed by atoms with Crippen molar-refractivity contribution < 1.29 is 14.9 Å². The zero-order chi connectivity index (χ0) is 25.9. The number of likely N-dealkylation sites (N-methyl/N-ethyl adjacent to an activating group) is 1. The fourth-order valence-electron chi connectivity index (χ4n) is 8.61. The van der Waals surface area contributed by atoms with Crippen LogP contribution in [0.2, 0.25) is 0 Å². The summed E-state index contributed by atoms with van der Waals surface area (Å²) in [4.78, 5) is 17.4. The number of rotatable bonds is 2. The smallest absolute Gasteiger partial charge is 0.255 e. The van der Waals surface area contributed by atoms with Gasteiger partial charge in [-0.05, 0) is 85.5 Å². The first-order valence-corrected chi connectivity index (χ1v) is 13.6. The molecule has 2 spiro atoms. The first-order valence-electron chi connectivity index (χ1n) is 13.6. The van der Waals surface area contributed by atoms with E-state index in [1.165, 1.54) is 11.1 Å². The van der Waals surface area contributed by atoms with E-state index in [1.807, 2.05) is 31.1 Å². The largest absolute Gasteiger partial charge is 0.388 e. The molecule has 7 rings (SSSR count). The van der Waals surface area contributed by atoms with Gasteiger partial charge in [0.05, 0.1) is 17.3 Å². The third-order valence-corrected chi connectivity index (χ3v) is 10.7. The van der Waals surface area contributed by atoms with Crippen molar-refractivity contribution in [1.82, 2.24) is 9.88 Å². The highest BCUT2D eigenvalue weighted by atomic mass is 16.5. The maximum atomic E-state index is 12.6. The quantitative estimate of drug-likeness (QED) is 0.584. The molecule has 37 heavy (non-hydrogen) atoms. The number of aliphatic hydroxyl groups excluding tert-OH is 2. The van der Waals surface area contributed by atoms with Crippen LogP contribution in [-0.4, -0.2) is 63.6 Å². The van der Waals surface area contributed by atoms with Crippen molar-refractivity contribution in [3.8, 4) is 0 Å². The van der Waals surface area contributed by atoms with Crippen LogP contribution >= 0.6 is 0 Å². The van der Waals surface area contributed by atoms with Crippen LogP contribution in [0, 0.1) is 17.3 Å². The second-order valence-electron chi connectivity index (χ2n) is 12.5. The Labute approximate surface area is 217 Å². The molecular formula is C31H36N2O4. The van der Waals surface area contributed by atoms with Crippen LogP contribution in [0.1, 0.15) is 45.1 Å². The topological polar surface area (TPSA) is 85.8 Å². The minimum atomic E-state index is -0.922. The lowest BCUT2D eigenvalue weighted by atomic mass is 9.54. The first-order chi connectivity index (χ1) is 17.6. The van der Waals surface area contributed by atoms with Gasteiger partial charge in [-0.3, -0.25) is 4.79 Å². The fourth-order valence-corrected chi connectivity index (χ4v) is 8.61. The molecular weight excluding hydrogens is 464 g/mol. The Bertz CT molecular complexity index is 1470. The van der Waals surface area contributed by atoms with Gasteiger partial charge in [0.2, 0.25) is 0 Å². The van der Waals surface area contributed by atoms with Crippen LogP contribution in [0.25, 0.3) is 16.3 Å². The molecule has 3 N–H and O–H groups in total. The van der Waals surface area contributed by atoms with Crippen molar-refractivity contribution in [2.45, 2.75) is 69.0 Å². The van der Waals surface area contributed by atoms with E-state index in [0.29, 0.717) is 6.42 Å². The fraction of sp³-hybridized carbons (Fsp3) is 0.516. The van der Waals surface area contributed by atoms with Gasteiger partial charge in [0.15, 0.2) is 0 Å². The van der Waals surface area contributed by atoms with Gasteiger partial charge in [0.25, 0.3) is 5.56 Å². The molecule has 3 aliphatic carbocycles. The van der Waals surface area contributed by atoms with E-state index in [-0.39, 0.29) is 28.9 Å². The van der Waals surface area contributed by atoms with Gasteiger partial charge in [-0.25, -0.2) is 0 Å². The number of aromatic amines is 1. The molecule has 8 unspecified atom stereocenters.